The molecule has 0 bridgehead atoms. The topological polar surface area (TPSA) is 18.5 Å². The van der Waals surface area contributed by atoms with Crippen molar-refractivity contribution < 1.29 is 9.47 Å². The molecule has 0 saturated carbocycles. The summed E-state index contributed by atoms with van der Waals surface area (Å²) >= 11 is 0. The molecule has 2 nitrogen and oxygen atoms in total. The quantitative estimate of drug-likeness (QED) is 0.677. The first kappa shape index (κ1) is 9.13. The van der Waals surface area contributed by atoms with E-state index in [1.165, 1.54) is 16.7 Å². The van der Waals surface area contributed by atoms with Crippen molar-refractivity contribution in [2.75, 3.05) is 7.11 Å². The van der Waals surface area contributed by atoms with Crippen molar-refractivity contribution in [1.82, 2.24) is 0 Å². The van der Waals surface area contributed by atoms with Crippen LogP contribution in [0.15, 0.2) is 24.5 Å². The number of benzene rings is 1. The number of allylic oxidation sites excluding steroid dienone is 1. The summed E-state index contributed by atoms with van der Waals surface area (Å²) in [5.74, 6) is 0.883. The van der Waals surface area contributed by atoms with Crippen LogP contribution in [0.5, 0.6) is 5.75 Å². The van der Waals surface area contributed by atoms with E-state index in [1.807, 2.05) is 25.3 Å². The second-order valence-electron chi connectivity index (χ2n) is 3.53. The molecule has 2 rings (SSSR count). The lowest BCUT2D eigenvalue weighted by Crippen LogP contribution is -2.05. The summed E-state index contributed by atoms with van der Waals surface area (Å²) in [7, 11) is 1.68. The molecule has 1 heterocycles. The molecule has 0 fully saturated rings. The average molecular weight is 190 g/mol. The normalized spacial score (nSPS) is 19.4. The molecule has 1 aliphatic rings. The maximum Gasteiger partial charge on any atom is 0.121 e. The van der Waals surface area contributed by atoms with Crippen LogP contribution in [0.25, 0.3) is 5.57 Å². The highest BCUT2D eigenvalue weighted by molar-refractivity contribution is 5.68. The summed E-state index contributed by atoms with van der Waals surface area (Å²) in [5, 5.41) is 0. The van der Waals surface area contributed by atoms with Gasteiger partial charge in [0.25, 0.3) is 0 Å². The number of ether oxygens (including phenoxy) is 2. The minimum absolute atomic E-state index is 0.115. The predicted octanol–water partition coefficient (Wildman–Crippen LogP) is 3.15. The first-order chi connectivity index (χ1) is 6.72. The van der Waals surface area contributed by atoms with Crippen molar-refractivity contribution in [3.8, 4) is 5.75 Å². The summed E-state index contributed by atoms with van der Waals surface area (Å²) < 4.78 is 10.7. The molecule has 0 saturated heterocycles. The first-order valence-corrected chi connectivity index (χ1v) is 4.73. The van der Waals surface area contributed by atoms with E-state index < -0.39 is 0 Å². The van der Waals surface area contributed by atoms with E-state index in [1.54, 1.807) is 7.11 Å². The third-order valence-corrected chi connectivity index (χ3v) is 2.57. The molecule has 2 heteroatoms. The molecule has 1 unspecified atom stereocenters. The minimum atomic E-state index is 0.115. The molecule has 1 aromatic rings. The smallest absolute Gasteiger partial charge is 0.121 e. The lowest BCUT2D eigenvalue weighted by atomic mass is 9.96. The highest BCUT2D eigenvalue weighted by Gasteiger charge is 2.17. The highest BCUT2D eigenvalue weighted by Crippen LogP contribution is 2.34. The first-order valence-electron chi connectivity index (χ1n) is 4.73. The maximum absolute atomic E-state index is 5.50. The van der Waals surface area contributed by atoms with E-state index in [2.05, 4.69) is 13.0 Å². The van der Waals surface area contributed by atoms with Crippen LogP contribution < -0.4 is 4.74 Å². The Hall–Kier alpha value is -1.44. The van der Waals surface area contributed by atoms with Crippen LogP contribution in [0, 0.1) is 0 Å². The third kappa shape index (κ3) is 1.37. The number of hydrogen-bond donors (Lipinski definition) is 0. The van der Waals surface area contributed by atoms with Crippen LogP contribution >= 0.6 is 0 Å². The van der Waals surface area contributed by atoms with Crippen LogP contribution in [-0.2, 0) is 4.74 Å². The SMILES string of the molecule is COc1ccc2c(c1)C(C)OC=C2C. The van der Waals surface area contributed by atoms with Gasteiger partial charge in [0.15, 0.2) is 0 Å². The Morgan fingerprint density at radius 3 is 2.86 bits per heavy atom. The van der Waals surface area contributed by atoms with Gasteiger partial charge in [-0.2, -0.15) is 0 Å². The molecule has 1 aromatic carbocycles. The Kier molecular flexibility index (Phi) is 2.20. The van der Waals surface area contributed by atoms with Crippen molar-refractivity contribution in [2.45, 2.75) is 20.0 Å². The van der Waals surface area contributed by atoms with Gasteiger partial charge in [-0.05, 0) is 37.1 Å². The Morgan fingerprint density at radius 1 is 1.36 bits per heavy atom. The zero-order chi connectivity index (χ0) is 10.1. The molecule has 74 valence electrons. The standard InChI is InChI=1S/C12H14O2/c1-8-7-14-9(2)12-6-10(13-3)4-5-11(8)12/h4-7,9H,1-3H3. The van der Waals surface area contributed by atoms with Crippen molar-refractivity contribution >= 4 is 5.57 Å². The van der Waals surface area contributed by atoms with Gasteiger partial charge in [-0.15, -0.1) is 0 Å². The van der Waals surface area contributed by atoms with Crippen LogP contribution in [0.1, 0.15) is 31.1 Å². The van der Waals surface area contributed by atoms with Crippen LogP contribution in [0.2, 0.25) is 0 Å². The Bertz CT molecular complexity index is 380. The largest absolute Gasteiger partial charge is 0.497 e. The minimum Gasteiger partial charge on any atom is -0.497 e. The second-order valence-corrected chi connectivity index (χ2v) is 3.53. The van der Waals surface area contributed by atoms with Crippen LogP contribution in [0.4, 0.5) is 0 Å². The molecule has 1 aliphatic heterocycles. The summed E-state index contributed by atoms with van der Waals surface area (Å²) in [6.07, 6.45) is 1.93. The van der Waals surface area contributed by atoms with Crippen LogP contribution in [0.3, 0.4) is 0 Å². The van der Waals surface area contributed by atoms with Gasteiger partial charge in [0.2, 0.25) is 0 Å². The summed E-state index contributed by atoms with van der Waals surface area (Å²) in [6.45, 7) is 4.10. The monoisotopic (exact) mass is 190 g/mol. The molecule has 0 amide bonds. The molecule has 0 aromatic heterocycles. The van der Waals surface area contributed by atoms with Gasteiger partial charge in [0.05, 0.1) is 13.4 Å². The highest BCUT2D eigenvalue weighted by atomic mass is 16.5. The Labute approximate surface area is 84.2 Å². The fourth-order valence-corrected chi connectivity index (χ4v) is 1.70. The Morgan fingerprint density at radius 2 is 2.14 bits per heavy atom. The summed E-state index contributed by atoms with van der Waals surface area (Å²) in [4.78, 5) is 0. The molecular formula is C12H14O2. The van der Waals surface area contributed by atoms with Gasteiger partial charge in [-0.3, -0.25) is 0 Å². The van der Waals surface area contributed by atoms with Gasteiger partial charge < -0.3 is 9.47 Å². The molecule has 0 radical (unpaired) electrons. The van der Waals surface area contributed by atoms with Crippen molar-refractivity contribution in [3.05, 3.63) is 35.6 Å². The van der Waals surface area contributed by atoms with Crippen molar-refractivity contribution in [3.63, 3.8) is 0 Å². The average Bonchev–Trinajstić information content (AvgIpc) is 2.23. The van der Waals surface area contributed by atoms with E-state index in [4.69, 9.17) is 9.47 Å². The fourth-order valence-electron chi connectivity index (χ4n) is 1.70. The zero-order valence-electron chi connectivity index (χ0n) is 8.70. The van der Waals surface area contributed by atoms with Gasteiger partial charge in [-0.1, -0.05) is 6.07 Å². The number of methoxy groups -OCH3 is 1. The van der Waals surface area contributed by atoms with E-state index >= 15 is 0 Å². The maximum atomic E-state index is 5.50. The zero-order valence-corrected chi connectivity index (χ0v) is 8.70. The van der Waals surface area contributed by atoms with Crippen LogP contribution in [-0.4, -0.2) is 7.11 Å². The molecule has 14 heavy (non-hydrogen) atoms. The van der Waals surface area contributed by atoms with Gasteiger partial charge >= 0.3 is 0 Å². The van der Waals surface area contributed by atoms with E-state index in [9.17, 15) is 0 Å². The van der Waals surface area contributed by atoms with E-state index in [-0.39, 0.29) is 6.10 Å². The number of fused-ring (bicyclic) bond motifs is 1. The predicted molar refractivity (Wildman–Crippen MR) is 56.1 cm³/mol. The number of hydrogen-bond acceptors (Lipinski definition) is 2. The molecule has 0 spiro atoms. The fraction of sp³-hybridized carbons (Fsp3) is 0.333. The van der Waals surface area contributed by atoms with Crippen molar-refractivity contribution in [2.24, 2.45) is 0 Å². The van der Waals surface area contributed by atoms with E-state index in [0.717, 1.165) is 5.75 Å². The Balaban J connectivity index is 2.53. The van der Waals surface area contributed by atoms with E-state index in [0.29, 0.717) is 0 Å². The summed E-state index contributed by atoms with van der Waals surface area (Å²) in [5.41, 5.74) is 3.62. The summed E-state index contributed by atoms with van der Waals surface area (Å²) in [6, 6.07) is 6.10. The van der Waals surface area contributed by atoms with Crippen molar-refractivity contribution in [1.29, 1.82) is 0 Å². The second kappa shape index (κ2) is 3.37. The molecule has 1 atom stereocenters. The van der Waals surface area contributed by atoms with Gasteiger partial charge in [0, 0.05) is 5.56 Å². The molecule has 0 aliphatic carbocycles. The number of rotatable bonds is 1. The lowest BCUT2D eigenvalue weighted by molar-refractivity contribution is 0.160. The third-order valence-electron chi connectivity index (χ3n) is 2.57. The van der Waals surface area contributed by atoms with Gasteiger partial charge in [-0.25, -0.2) is 0 Å². The molecular weight excluding hydrogens is 176 g/mol. The van der Waals surface area contributed by atoms with Gasteiger partial charge in [0.1, 0.15) is 11.9 Å². The molecule has 0 N–H and O–H groups in total. The lowest BCUT2D eigenvalue weighted by Gasteiger charge is -2.22.